The summed E-state index contributed by atoms with van der Waals surface area (Å²) in [4.78, 5) is 0. The van der Waals surface area contributed by atoms with Gasteiger partial charge in [0.05, 0.1) is 0 Å². The number of hydrogen-bond acceptors (Lipinski definition) is 0. The summed E-state index contributed by atoms with van der Waals surface area (Å²) in [6.45, 7) is 22.5. The van der Waals surface area contributed by atoms with Crippen LogP contribution in [0.3, 0.4) is 0 Å². The second-order valence-corrected chi connectivity index (χ2v) is 12.9. The molecule has 0 rings (SSSR count). The van der Waals surface area contributed by atoms with Crippen LogP contribution in [0.1, 0.15) is 140 Å². The molecule has 0 aromatic heterocycles. The Morgan fingerprint density at radius 3 is 1.48 bits per heavy atom. The van der Waals surface area contributed by atoms with Crippen LogP contribution in [0.5, 0.6) is 0 Å². The lowest BCUT2D eigenvalue weighted by atomic mass is 9.99. The van der Waals surface area contributed by atoms with Crippen molar-refractivity contribution < 1.29 is 0 Å². The third-order valence-electron chi connectivity index (χ3n) is 7.42. The summed E-state index contributed by atoms with van der Waals surface area (Å²) < 4.78 is 0. The first kappa shape index (κ1) is 37.9. The molecule has 0 nitrogen and oxygen atoms in total. The average molecular weight is 547 g/mol. The van der Waals surface area contributed by atoms with Gasteiger partial charge in [0, 0.05) is 0 Å². The minimum atomic E-state index is 0.486. The van der Waals surface area contributed by atoms with Crippen LogP contribution in [-0.4, -0.2) is 0 Å². The normalized spacial score (nSPS) is 15.7. The quantitative estimate of drug-likeness (QED) is 0.0991. The largest absolute Gasteiger partial charge is 0.0877 e. The van der Waals surface area contributed by atoms with E-state index in [2.05, 4.69) is 136 Å². The third kappa shape index (κ3) is 26.2. The molecule has 40 heavy (non-hydrogen) atoms. The Balaban J connectivity index is 4.16. The lowest BCUT2D eigenvalue weighted by molar-refractivity contribution is 0.544. The highest BCUT2D eigenvalue weighted by Gasteiger charge is 2.00. The van der Waals surface area contributed by atoms with Gasteiger partial charge in [-0.2, -0.15) is 0 Å². The van der Waals surface area contributed by atoms with Crippen LogP contribution >= 0.6 is 0 Å². The topological polar surface area (TPSA) is 0 Å². The van der Waals surface area contributed by atoms with Crippen molar-refractivity contribution in [3.63, 3.8) is 0 Å². The molecule has 0 spiro atoms. The van der Waals surface area contributed by atoms with Crippen molar-refractivity contribution in [2.45, 2.75) is 140 Å². The van der Waals surface area contributed by atoms with Gasteiger partial charge in [-0.15, -0.1) is 0 Å². The third-order valence-corrected chi connectivity index (χ3v) is 7.42. The Kier molecular flexibility index (Phi) is 23.4. The fourth-order valence-electron chi connectivity index (χ4n) is 4.53. The zero-order chi connectivity index (χ0) is 30.2. The van der Waals surface area contributed by atoms with E-state index in [1.165, 1.54) is 98.5 Å². The van der Waals surface area contributed by atoms with Gasteiger partial charge in [-0.3, -0.25) is 0 Å². The first-order chi connectivity index (χ1) is 19.0. The number of rotatable bonds is 21. The van der Waals surface area contributed by atoms with Gasteiger partial charge < -0.3 is 0 Å². The molecule has 0 aliphatic carbocycles. The monoisotopic (exact) mass is 547 g/mol. The molecule has 3 unspecified atom stereocenters. The van der Waals surface area contributed by atoms with Crippen LogP contribution in [0.2, 0.25) is 0 Å². The molecule has 0 aliphatic rings. The van der Waals surface area contributed by atoms with E-state index in [-0.39, 0.29) is 0 Å². The molecule has 0 aromatic rings. The molecule has 0 heterocycles. The zero-order valence-electron chi connectivity index (χ0n) is 28.4. The van der Waals surface area contributed by atoms with Crippen LogP contribution in [0.25, 0.3) is 0 Å². The second kappa shape index (κ2) is 24.7. The van der Waals surface area contributed by atoms with Crippen molar-refractivity contribution in [3.05, 3.63) is 94.7 Å². The second-order valence-electron chi connectivity index (χ2n) is 12.9. The molecule has 0 aliphatic heterocycles. The molecule has 0 radical (unpaired) electrons. The summed E-state index contributed by atoms with van der Waals surface area (Å²) in [5, 5.41) is 0. The van der Waals surface area contributed by atoms with Gasteiger partial charge in [0.2, 0.25) is 0 Å². The van der Waals surface area contributed by atoms with Gasteiger partial charge in [0.15, 0.2) is 0 Å². The van der Waals surface area contributed by atoms with Crippen LogP contribution in [0, 0.1) is 17.8 Å². The molecular weight excluding hydrogens is 480 g/mol. The standard InChI is InChI=1S/C40H66/c1-33(2)19-13-23-37(7)27-17-31-39(9)29-15-25-35(5)21-11-12-22-36(6)26-16-30-40(10)32-18-28-38(8)24-14-20-34(3)4/h11-12,15,19-22,25,27-28,30,35-36,39H,13-14,16-18,23-24,26,29,31-32H2,1-10H3/b21-11+,22-12+,25-15+,37-27+,38-28+,40-30+. The van der Waals surface area contributed by atoms with E-state index in [0.717, 1.165) is 5.92 Å². The predicted molar refractivity (Wildman–Crippen MR) is 186 cm³/mol. The summed E-state index contributed by atoms with van der Waals surface area (Å²) in [7, 11) is 0. The van der Waals surface area contributed by atoms with Crippen LogP contribution in [0.15, 0.2) is 94.7 Å². The van der Waals surface area contributed by atoms with E-state index < -0.39 is 0 Å². The fraction of sp³-hybridized carbons (Fsp3) is 0.600. The van der Waals surface area contributed by atoms with Crippen LogP contribution < -0.4 is 0 Å². The maximum Gasteiger partial charge on any atom is -0.00788 e. The molecule has 0 fully saturated rings. The molecule has 0 saturated carbocycles. The van der Waals surface area contributed by atoms with Gasteiger partial charge in [0.1, 0.15) is 0 Å². The van der Waals surface area contributed by atoms with Crippen molar-refractivity contribution in [3.8, 4) is 0 Å². The summed E-state index contributed by atoms with van der Waals surface area (Å²) in [5.74, 6) is 1.84. The van der Waals surface area contributed by atoms with Crippen molar-refractivity contribution >= 4 is 0 Å². The molecule has 226 valence electrons. The molecule has 0 amide bonds. The summed E-state index contributed by atoms with van der Waals surface area (Å²) in [6, 6.07) is 0. The summed E-state index contributed by atoms with van der Waals surface area (Å²) in [6.07, 6.45) is 39.0. The minimum Gasteiger partial charge on any atom is -0.0877 e. The Bertz CT molecular complexity index is 884. The lowest BCUT2D eigenvalue weighted by Crippen LogP contribution is -1.92. The predicted octanol–water partition coefficient (Wildman–Crippen LogP) is 13.6. The Morgan fingerprint density at radius 2 is 0.950 bits per heavy atom. The molecule has 3 atom stereocenters. The molecule has 0 heteroatoms. The van der Waals surface area contributed by atoms with Gasteiger partial charge in [-0.25, -0.2) is 0 Å². The van der Waals surface area contributed by atoms with Gasteiger partial charge in [-0.05, 0) is 137 Å². The number of hydrogen-bond donors (Lipinski definition) is 0. The maximum atomic E-state index is 2.45. The van der Waals surface area contributed by atoms with Gasteiger partial charge in [-0.1, -0.05) is 115 Å². The van der Waals surface area contributed by atoms with E-state index in [1.54, 1.807) is 0 Å². The highest BCUT2D eigenvalue weighted by atomic mass is 14.1. The van der Waals surface area contributed by atoms with E-state index in [4.69, 9.17) is 0 Å². The smallest absolute Gasteiger partial charge is 0.00788 e. The molecule has 0 N–H and O–H groups in total. The molecule has 0 bridgehead atoms. The van der Waals surface area contributed by atoms with E-state index in [9.17, 15) is 0 Å². The van der Waals surface area contributed by atoms with Crippen LogP contribution in [-0.2, 0) is 0 Å². The maximum absolute atomic E-state index is 2.45. The van der Waals surface area contributed by atoms with Crippen molar-refractivity contribution in [2.24, 2.45) is 17.8 Å². The van der Waals surface area contributed by atoms with Crippen LogP contribution in [0.4, 0.5) is 0 Å². The van der Waals surface area contributed by atoms with Crippen molar-refractivity contribution in [1.29, 1.82) is 0 Å². The highest BCUT2D eigenvalue weighted by Crippen LogP contribution is 2.16. The lowest BCUT2D eigenvalue weighted by Gasteiger charge is -2.07. The van der Waals surface area contributed by atoms with Gasteiger partial charge in [0.25, 0.3) is 0 Å². The average Bonchev–Trinajstić information content (AvgIpc) is 2.86. The summed E-state index contributed by atoms with van der Waals surface area (Å²) in [5.41, 5.74) is 7.43. The molecule has 0 aromatic carbocycles. The fourth-order valence-corrected chi connectivity index (χ4v) is 4.53. The Morgan fingerprint density at radius 1 is 0.500 bits per heavy atom. The Hall–Kier alpha value is -2.08. The zero-order valence-corrected chi connectivity index (χ0v) is 28.4. The SMILES string of the molecule is CC(C)=CCC/C(C)=C/CC/C(C)=C/CCC(C)/C=C/C=C/C(C)/C=C/CC(C)CC/C=C(\C)CCC=C(C)C. The van der Waals surface area contributed by atoms with Crippen molar-refractivity contribution in [1.82, 2.24) is 0 Å². The first-order valence-electron chi connectivity index (χ1n) is 16.2. The Labute approximate surface area is 251 Å². The summed E-state index contributed by atoms with van der Waals surface area (Å²) >= 11 is 0. The van der Waals surface area contributed by atoms with Crippen molar-refractivity contribution in [2.75, 3.05) is 0 Å². The van der Waals surface area contributed by atoms with E-state index in [0.29, 0.717) is 11.8 Å². The highest BCUT2D eigenvalue weighted by molar-refractivity contribution is 5.09. The minimum absolute atomic E-state index is 0.486. The number of allylic oxidation sites excluding steroid dienone is 16. The molecular formula is C40H66. The van der Waals surface area contributed by atoms with E-state index >= 15 is 0 Å². The first-order valence-corrected chi connectivity index (χ1v) is 16.2. The van der Waals surface area contributed by atoms with Gasteiger partial charge >= 0.3 is 0 Å². The van der Waals surface area contributed by atoms with E-state index in [1.807, 2.05) is 0 Å². The molecule has 0 saturated heterocycles.